The van der Waals surface area contributed by atoms with Crippen molar-refractivity contribution in [2.45, 2.75) is 309 Å². The van der Waals surface area contributed by atoms with Gasteiger partial charge in [-0.25, -0.2) is 0 Å². The van der Waals surface area contributed by atoms with E-state index in [2.05, 4.69) is 93.7 Å². The Morgan fingerprint density at radius 1 is 0.282 bits per heavy atom. The summed E-state index contributed by atoms with van der Waals surface area (Å²) in [5.74, 6) is -0.894. The monoisotopic (exact) mass is 991 g/mol. The lowest BCUT2D eigenvalue weighted by atomic mass is 10.1. The Kier molecular flexibility index (Phi) is 56.8. The third kappa shape index (κ3) is 57.6. The minimum Gasteiger partial charge on any atom is -0.462 e. The molecule has 71 heavy (non-hydrogen) atoms. The molecule has 0 aromatic rings. The van der Waals surface area contributed by atoms with E-state index in [0.717, 1.165) is 89.9 Å². The van der Waals surface area contributed by atoms with Gasteiger partial charge in [0, 0.05) is 19.3 Å². The van der Waals surface area contributed by atoms with Crippen LogP contribution in [0.15, 0.2) is 72.9 Å². The Balaban J connectivity index is 4.32. The van der Waals surface area contributed by atoms with Crippen molar-refractivity contribution in [1.82, 2.24) is 0 Å². The van der Waals surface area contributed by atoms with Crippen LogP contribution in [-0.4, -0.2) is 37.2 Å². The van der Waals surface area contributed by atoms with E-state index in [1.54, 1.807) is 0 Å². The molecule has 1 unspecified atom stereocenters. The molecule has 0 radical (unpaired) electrons. The third-order valence-corrected chi connectivity index (χ3v) is 13.2. The van der Waals surface area contributed by atoms with Crippen molar-refractivity contribution in [3.63, 3.8) is 0 Å². The predicted molar refractivity (Wildman–Crippen MR) is 307 cm³/mol. The Labute approximate surface area is 440 Å². The highest BCUT2D eigenvalue weighted by molar-refractivity contribution is 5.71. The van der Waals surface area contributed by atoms with Gasteiger partial charge >= 0.3 is 17.9 Å². The van der Waals surface area contributed by atoms with E-state index < -0.39 is 6.10 Å². The second-order valence-electron chi connectivity index (χ2n) is 20.2. The van der Waals surface area contributed by atoms with Crippen LogP contribution in [0.5, 0.6) is 0 Å². The van der Waals surface area contributed by atoms with E-state index in [1.165, 1.54) is 173 Å². The van der Waals surface area contributed by atoms with Crippen LogP contribution in [0.1, 0.15) is 303 Å². The summed E-state index contributed by atoms with van der Waals surface area (Å²) in [6.45, 7) is 6.57. The lowest BCUT2D eigenvalue weighted by Crippen LogP contribution is -2.30. The molecule has 6 heteroatoms. The fourth-order valence-corrected chi connectivity index (χ4v) is 8.52. The van der Waals surface area contributed by atoms with Gasteiger partial charge in [-0.3, -0.25) is 14.4 Å². The standard InChI is InChI=1S/C65H114O6/c1-4-7-10-13-16-19-22-24-26-28-30-31-32-33-35-36-38-40-43-46-49-52-55-58-64(67)70-61-62(60-69-63(66)57-54-51-48-45-42-21-18-15-12-9-6-3)71-65(68)59-56-53-50-47-44-41-39-37-34-29-27-25-23-20-17-14-11-8-5-2/h15,17-18,20,22,24-25,27-28,30,32-33,62H,4-14,16,19,21,23,26,29,31,34-61H2,1-3H3/b18-15-,20-17-,24-22-,27-25-,30-28-,33-32-. The van der Waals surface area contributed by atoms with E-state index in [1.807, 2.05) is 0 Å². The van der Waals surface area contributed by atoms with E-state index in [-0.39, 0.29) is 31.1 Å². The molecule has 0 aromatic carbocycles. The average Bonchev–Trinajstić information content (AvgIpc) is 3.37. The van der Waals surface area contributed by atoms with Crippen LogP contribution in [0.3, 0.4) is 0 Å². The first kappa shape index (κ1) is 67.8. The van der Waals surface area contributed by atoms with Gasteiger partial charge in [-0.05, 0) is 109 Å². The minimum atomic E-state index is -0.784. The lowest BCUT2D eigenvalue weighted by molar-refractivity contribution is -0.167. The molecule has 0 amide bonds. The van der Waals surface area contributed by atoms with Crippen molar-refractivity contribution >= 4 is 17.9 Å². The summed E-state index contributed by atoms with van der Waals surface area (Å²) in [7, 11) is 0. The van der Waals surface area contributed by atoms with Crippen LogP contribution < -0.4 is 0 Å². The van der Waals surface area contributed by atoms with Crippen LogP contribution in [0.2, 0.25) is 0 Å². The molecular formula is C65H114O6. The van der Waals surface area contributed by atoms with Gasteiger partial charge in [0.2, 0.25) is 0 Å². The molecule has 0 aliphatic carbocycles. The fourth-order valence-electron chi connectivity index (χ4n) is 8.52. The lowest BCUT2D eigenvalue weighted by Gasteiger charge is -2.18. The second kappa shape index (κ2) is 59.4. The Bertz CT molecular complexity index is 1320. The molecule has 0 fully saturated rings. The van der Waals surface area contributed by atoms with Crippen molar-refractivity contribution in [3.05, 3.63) is 72.9 Å². The van der Waals surface area contributed by atoms with Gasteiger partial charge in [-0.1, -0.05) is 248 Å². The van der Waals surface area contributed by atoms with E-state index in [4.69, 9.17) is 14.2 Å². The molecular weight excluding hydrogens is 877 g/mol. The number of carbonyl (C=O) groups excluding carboxylic acids is 3. The topological polar surface area (TPSA) is 78.9 Å². The maximum atomic E-state index is 12.9. The predicted octanol–water partition coefficient (Wildman–Crippen LogP) is 20.5. The van der Waals surface area contributed by atoms with Crippen LogP contribution in [0.25, 0.3) is 0 Å². The number of rotatable bonds is 55. The quantitative estimate of drug-likeness (QED) is 0.0261. The normalized spacial score (nSPS) is 12.5. The molecule has 0 rings (SSSR count). The highest BCUT2D eigenvalue weighted by atomic mass is 16.6. The molecule has 0 heterocycles. The summed E-state index contributed by atoms with van der Waals surface area (Å²) < 4.78 is 16.9. The molecule has 0 N–H and O–H groups in total. The van der Waals surface area contributed by atoms with Crippen LogP contribution >= 0.6 is 0 Å². The maximum absolute atomic E-state index is 12.9. The van der Waals surface area contributed by atoms with Gasteiger partial charge < -0.3 is 14.2 Å². The van der Waals surface area contributed by atoms with Gasteiger partial charge in [-0.2, -0.15) is 0 Å². The summed E-state index contributed by atoms with van der Waals surface area (Å²) in [6, 6.07) is 0. The Morgan fingerprint density at radius 3 is 0.873 bits per heavy atom. The number of esters is 3. The average molecular weight is 992 g/mol. The molecule has 1 atom stereocenters. The smallest absolute Gasteiger partial charge is 0.306 e. The highest BCUT2D eigenvalue weighted by Crippen LogP contribution is 2.15. The SMILES string of the molecule is CCCC/C=C\CCCCCCCC(=O)OCC(COC(=O)CCCCCCCCCC/C=C\C/C=C\C/C=C\CCCCCCC)OC(=O)CCCCCCCCCCC/C=C\C/C=C\CCCCC. The molecule has 0 saturated carbocycles. The van der Waals surface area contributed by atoms with Crippen molar-refractivity contribution in [3.8, 4) is 0 Å². The van der Waals surface area contributed by atoms with Crippen molar-refractivity contribution in [2.75, 3.05) is 13.2 Å². The first-order valence-electron chi connectivity index (χ1n) is 30.4. The second-order valence-corrected chi connectivity index (χ2v) is 20.2. The third-order valence-electron chi connectivity index (χ3n) is 13.2. The van der Waals surface area contributed by atoms with Gasteiger partial charge in [0.05, 0.1) is 0 Å². The van der Waals surface area contributed by atoms with E-state index in [0.29, 0.717) is 19.3 Å². The van der Waals surface area contributed by atoms with Crippen LogP contribution in [0.4, 0.5) is 0 Å². The minimum absolute atomic E-state index is 0.0829. The zero-order chi connectivity index (χ0) is 51.4. The first-order valence-corrected chi connectivity index (χ1v) is 30.4. The van der Waals surface area contributed by atoms with Gasteiger partial charge in [0.25, 0.3) is 0 Å². The summed E-state index contributed by atoms with van der Waals surface area (Å²) in [5.41, 5.74) is 0. The molecule has 0 saturated heterocycles. The molecule has 0 spiro atoms. The Hall–Kier alpha value is -3.15. The summed E-state index contributed by atoms with van der Waals surface area (Å²) in [6.07, 6.45) is 76.1. The molecule has 0 bridgehead atoms. The number of hydrogen-bond acceptors (Lipinski definition) is 6. The number of ether oxygens (including phenoxy) is 3. The molecule has 410 valence electrons. The van der Waals surface area contributed by atoms with E-state index in [9.17, 15) is 14.4 Å². The fraction of sp³-hybridized carbons (Fsp3) is 0.769. The van der Waals surface area contributed by atoms with E-state index >= 15 is 0 Å². The molecule has 0 aliphatic rings. The summed E-state index contributed by atoms with van der Waals surface area (Å²) in [4.78, 5) is 38.2. The zero-order valence-electron chi connectivity index (χ0n) is 47.0. The zero-order valence-corrected chi connectivity index (χ0v) is 47.0. The highest BCUT2D eigenvalue weighted by Gasteiger charge is 2.19. The van der Waals surface area contributed by atoms with Gasteiger partial charge in [-0.15, -0.1) is 0 Å². The van der Waals surface area contributed by atoms with Crippen molar-refractivity contribution in [1.29, 1.82) is 0 Å². The van der Waals surface area contributed by atoms with Crippen LogP contribution in [0, 0.1) is 0 Å². The summed E-state index contributed by atoms with van der Waals surface area (Å²) >= 11 is 0. The van der Waals surface area contributed by atoms with Crippen molar-refractivity contribution in [2.24, 2.45) is 0 Å². The molecule has 6 nitrogen and oxygen atoms in total. The number of unbranched alkanes of at least 4 members (excludes halogenated alkanes) is 32. The number of hydrogen-bond donors (Lipinski definition) is 0. The van der Waals surface area contributed by atoms with Crippen LogP contribution in [-0.2, 0) is 28.6 Å². The largest absolute Gasteiger partial charge is 0.462 e. The Morgan fingerprint density at radius 2 is 0.521 bits per heavy atom. The number of allylic oxidation sites excluding steroid dienone is 12. The summed E-state index contributed by atoms with van der Waals surface area (Å²) in [5, 5.41) is 0. The molecule has 0 aliphatic heterocycles. The first-order chi connectivity index (χ1) is 35.0. The van der Waals surface area contributed by atoms with Gasteiger partial charge in [0.15, 0.2) is 6.10 Å². The number of carbonyl (C=O) groups is 3. The maximum Gasteiger partial charge on any atom is 0.306 e. The van der Waals surface area contributed by atoms with Crippen molar-refractivity contribution < 1.29 is 28.6 Å². The molecule has 0 aromatic heterocycles. The van der Waals surface area contributed by atoms with Gasteiger partial charge in [0.1, 0.15) is 13.2 Å².